The van der Waals surface area contributed by atoms with Crippen molar-refractivity contribution >= 4 is 27.8 Å². The van der Waals surface area contributed by atoms with Crippen LogP contribution in [0, 0.1) is 0 Å². The third kappa shape index (κ3) is 6.80. The summed E-state index contributed by atoms with van der Waals surface area (Å²) in [6, 6.07) is 16.2. The first-order valence-electron chi connectivity index (χ1n) is 11.6. The van der Waals surface area contributed by atoms with Crippen molar-refractivity contribution in [3.05, 3.63) is 77.4 Å². The molecule has 0 saturated carbocycles. The molecule has 7 nitrogen and oxygen atoms in total. The summed E-state index contributed by atoms with van der Waals surface area (Å²) < 4.78 is 36.2. The fraction of sp³-hybridized carbons (Fsp3) is 0.407. The Labute approximate surface area is 207 Å². The summed E-state index contributed by atoms with van der Waals surface area (Å²) in [6.07, 6.45) is 2.50. The van der Waals surface area contributed by atoms with Gasteiger partial charge in [-0.2, -0.15) is 0 Å². The van der Waals surface area contributed by atoms with Gasteiger partial charge in [0.25, 0.3) is 0 Å². The summed E-state index contributed by atoms with van der Waals surface area (Å²) in [6.45, 7) is 7.49. The van der Waals surface area contributed by atoms with Crippen LogP contribution >= 0.6 is 0 Å². The van der Waals surface area contributed by atoms with E-state index in [0.29, 0.717) is 24.2 Å². The lowest BCUT2D eigenvalue weighted by Gasteiger charge is -2.39. The zero-order chi connectivity index (χ0) is 25.6. The molecule has 0 radical (unpaired) electrons. The van der Waals surface area contributed by atoms with Crippen molar-refractivity contribution in [2.24, 2.45) is 0 Å². The molecule has 0 spiro atoms. The van der Waals surface area contributed by atoms with Gasteiger partial charge in [0.05, 0.1) is 18.0 Å². The summed E-state index contributed by atoms with van der Waals surface area (Å²) in [4.78, 5) is 27.0. The molecule has 1 aliphatic rings. The zero-order valence-electron chi connectivity index (χ0n) is 20.6. The standard InChI is InChI=1S/C27H33NO6S/c1-20-16-28(17-21(2)34-20)26(30)27(3,4)35(31,32)19-24-13-9-8-12-23(24)14-15-25(29)33-18-22-10-6-5-7-11-22/h5-15,20-21H,16-19H2,1-4H3/b15-14+. The number of ether oxygens (including phenoxy) is 2. The number of morpholine rings is 1. The molecule has 1 aliphatic heterocycles. The van der Waals surface area contributed by atoms with Gasteiger partial charge in [-0.05, 0) is 50.5 Å². The lowest BCUT2D eigenvalue weighted by Crippen LogP contribution is -2.56. The van der Waals surface area contributed by atoms with Crippen molar-refractivity contribution in [2.75, 3.05) is 13.1 Å². The number of amides is 1. The Kier molecular flexibility index (Phi) is 8.51. The van der Waals surface area contributed by atoms with Crippen LogP contribution in [0.25, 0.3) is 6.08 Å². The Hall–Kier alpha value is -2.97. The third-order valence-electron chi connectivity index (χ3n) is 6.02. The maximum Gasteiger partial charge on any atom is 0.331 e. The summed E-state index contributed by atoms with van der Waals surface area (Å²) in [7, 11) is -3.89. The van der Waals surface area contributed by atoms with Crippen LogP contribution in [-0.2, 0) is 41.3 Å². The summed E-state index contributed by atoms with van der Waals surface area (Å²) in [5, 5.41) is 0. The van der Waals surface area contributed by atoms with Crippen molar-refractivity contribution in [1.29, 1.82) is 0 Å². The van der Waals surface area contributed by atoms with Crippen LogP contribution in [0.3, 0.4) is 0 Å². The minimum absolute atomic E-state index is 0.148. The van der Waals surface area contributed by atoms with Gasteiger partial charge in [-0.15, -0.1) is 0 Å². The van der Waals surface area contributed by atoms with E-state index < -0.39 is 26.5 Å². The van der Waals surface area contributed by atoms with E-state index >= 15 is 0 Å². The number of hydrogen-bond acceptors (Lipinski definition) is 6. The number of carbonyl (C=O) groups excluding carboxylic acids is 2. The Morgan fingerprint density at radius 2 is 1.63 bits per heavy atom. The van der Waals surface area contributed by atoms with Gasteiger partial charge in [0.15, 0.2) is 9.84 Å². The maximum absolute atomic E-state index is 13.4. The molecule has 8 heteroatoms. The second-order valence-corrected chi connectivity index (χ2v) is 11.9. The fourth-order valence-corrected chi connectivity index (χ4v) is 5.43. The molecular weight excluding hydrogens is 466 g/mol. The molecule has 0 aromatic heterocycles. The average Bonchev–Trinajstić information content (AvgIpc) is 2.81. The smallest absolute Gasteiger partial charge is 0.331 e. The number of carbonyl (C=O) groups is 2. The Morgan fingerprint density at radius 1 is 1.03 bits per heavy atom. The fourth-order valence-electron chi connectivity index (χ4n) is 4.01. The normalized spacial score (nSPS) is 19.0. The number of rotatable bonds is 8. The van der Waals surface area contributed by atoms with Crippen molar-refractivity contribution in [2.45, 2.75) is 57.0 Å². The molecule has 2 unspecified atom stereocenters. The predicted octanol–water partition coefficient (Wildman–Crippen LogP) is 3.77. The van der Waals surface area contributed by atoms with E-state index in [9.17, 15) is 18.0 Å². The number of sulfone groups is 1. The zero-order valence-corrected chi connectivity index (χ0v) is 21.5. The average molecular weight is 500 g/mol. The van der Waals surface area contributed by atoms with Crippen molar-refractivity contribution < 1.29 is 27.5 Å². The predicted molar refractivity (Wildman–Crippen MR) is 135 cm³/mol. The molecule has 0 N–H and O–H groups in total. The SMILES string of the molecule is CC1CN(C(=O)C(C)(C)S(=O)(=O)Cc2ccccc2/C=C/C(=O)OCc2ccccc2)CC(C)O1. The lowest BCUT2D eigenvalue weighted by molar-refractivity contribution is -0.145. The molecule has 2 aromatic carbocycles. The summed E-state index contributed by atoms with van der Waals surface area (Å²) in [5.74, 6) is -1.30. The van der Waals surface area contributed by atoms with Gasteiger partial charge in [-0.1, -0.05) is 54.6 Å². The van der Waals surface area contributed by atoms with E-state index in [-0.39, 0.29) is 24.6 Å². The lowest BCUT2D eigenvalue weighted by atomic mass is 10.1. The van der Waals surface area contributed by atoms with E-state index in [4.69, 9.17) is 9.47 Å². The summed E-state index contributed by atoms with van der Waals surface area (Å²) in [5.41, 5.74) is 1.95. The number of nitrogens with zero attached hydrogens (tertiary/aromatic N) is 1. The molecule has 0 bridgehead atoms. The molecule has 1 heterocycles. The first-order valence-corrected chi connectivity index (χ1v) is 13.3. The Bertz CT molecular complexity index is 1160. The first kappa shape index (κ1) is 26.6. The minimum atomic E-state index is -3.89. The van der Waals surface area contributed by atoms with Gasteiger partial charge >= 0.3 is 5.97 Å². The molecule has 1 amide bonds. The van der Waals surface area contributed by atoms with Gasteiger partial charge in [0.2, 0.25) is 5.91 Å². The Balaban J connectivity index is 1.71. The van der Waals surface area contributed by atoms with Crippen molar-refractivity contribution in [3.63, 3.8) is 0 Å². The quantitative estimate of drug-likeness (QED) is 0.406. The van der Waals surface area contributed by atoms with Crippen LogP contribution < -0.4 is 0 Å². The van der Waals surface area contributed by atoms with Crippen LogP contribution in [0.4, 0.5) is 0 Å². The van der Waals surface area contributed by atoms with E-state index in [1.54, 1.807) is 35.2 Å². The highest BCUT2D eigenvalue weighted by Crippen LogP contribution is 2.27. The van der Waals surface area contributed by atoms with E-state index in [1.165, 1.54) is 19.9 Å². The second kappa shape index (κ2) is 11.2. The molecule has 2 aromatic rings. The van der Waals surface area contributed by atoms with Crippen molar-refractivity contribution in [1.82, 2.24) is 4.90 Å². The molecule has 35 heavy (non-hydrogen) atoms. The third-order valence-corrected chi connectivity index (χ3v) is 8.44. The van der Waals surface area contributed by atoms with Gasteiger partial charge < -0.3 is 14.4 Å². The molecule has 2 atom stereocenters. The van der Waals surface area contributed by atoms with Gasteiger partial charge in [0, 0.05) is 19.2 Å². The molecule has 3 rings (SSSR count). The van der Waals surface area contributed by atoms with Crippen LogP contribution in [0.1, 0.15) is 44.4 Å². The highest BCUT2D eigenvalue weighted by Gasteiger charge is 2.45. The number of benzene rings is 2. The van der Waals surface area contributed by atoms with Gasteiger partial charge in [-0.3, -0.25) is 4.79 Å². The Morgan fingerprint density at radius 3 is 2.29 bits per heavy atom. The second-order valence-electron chi connectivity index (χ2n) is 9.36. The van der Waals surface area contributed by atoms with Gasteiger partial charge in [0.1, 0.15) is 11.4 Å². The van der Waals surface area contributed by atoms with E-state index in [2.05, 4.69) is 0 Å². The topological polar surface area (TPSA) is 90.0 Å². The molecular formula is C27H33NO6S. The van der Waals surface area contributed by atoms with Crippen LogP contribution in [0.15, 0.2) is 60.7 Å². The van der Waals surface area contributed by atoms with Crippen molar-refractivity contribution in [3.8, 4) is 0 Å². The minimum Gasteiger partial charge on any atom is -0.458 e. The number of esters is 1. The van der Waals surface area contributed by atoms with Gasteiger partial charge in [-0.25, -0.2) is 13.2 Å². The molecule has 1 fully saturated rings. The van der Waals surface area contributed by atoms with Crippen LogP contribution in [-0.4, -0.2) is 55.2 Å². The van der Waals surface area contributed by atoms with E-state index in [0.717, 1.165) is 5.56 Å². The highest BCUT2D eigenvalue weighted by atomic mass is 32.2. The number of hydrogen-bond donors (Lipinski definition) is 0. The molecule has 188 valence electrons. The van der Waals surface area contributed by atoms with Crippen LogP contribution in [0.2, 0.25) is 0 Å². The summed E-state index contributed by atoms with van der Waals surface area (Å²) >= 11 is 0. The van der Waals surface area contributed by atoms with Crippen LogP contribution in [0.5, 0.6) is 0 Å². The van der Waals surface area contributed by atoms with E-state index in [1.807, 2.05) is 44.2 Å². The first-order chi connectivity index (χ1) is 16.5. The maximum atomic E-state index is 13.4. The molecule has 0 aliphatic carbocycles. The molecule has 1 saturated heterocycles. The monoisotopic (exact) mass is 499 g/mol. The highest BCUT2D eigenvalue weighted by molar-refractivity contribution is 7.92. The largest absolute Gasteiger partial charge is 0.458 e.